The number of aryl methyl sites for hydroxylation is 1. The predicted octanol–water partition coefficient (Wildman–Crippen LogP) is 2.06. The number of rotatable bonds is 5. The van der Waals surface area contributed by atoms with Crippen LogP contribution in [-0.4, -0.2) is 18.9 Å². The second-order valence-electron chi connectivity index (χ2n) is 3.78. The number of carbonyl (C=O) groups is 2. The maximum atomic E-state index is 11.5. The van der Waals surface area contributed by atoms with E-state index < -0.39 is 0 Å². The number of benzene rings is 1. The maximum absolute atomic E-state index is 11.5. The van der Waals surface area contributed by atoms with Gasteiger partial charge in [0.2, 0.25) is 0 Å². The lowest BCUT2D eigenvalue weighted by molar-refractivity contribution is -0.141. The first-order chi connectivity index (χ1) is 7.61. The minimum absolute atomic E-state index is 0.0641. The smallest absolute Gasteiger partial charge is 0.305 e. The summed E-state index contributed by atoms with van der Waals surface area (Å²) in [4.78, 5) is 22.3. The average Bonchev–Trinajstić information content (AvgIpc) is 2.29. The van der Waals surface area contributed by atoms with Gasteiger partial charge in [-0.15, -0.1) is 0 Å². The van der Waals surface area contributed by atoms with Crippen molar-refractivity contribution >= 4 is 11.8 Å². The molecule has 1 aromatic rings. The second-order valence-corrected chi connectivity index (χ2v) is 3.78. The summed E-state index contributed by atoms with van der Waals surface area (Å²) in [7, 11) is 1.33. The molecule has 0 bridgehead atoms. The van der Waals surface area contributed by atoms with Gasteiger partial charge in [0.1, 0.15) is 5.78 Å². The van der Waals surface area contributed by atoms with E-state index in [1.807, 2.05) is 31.2 Å². The van der Waals surface area contributed by atoms with Crippen molar-refractivity contribution in [2.75, 3.05) is 7.11 Å². The SMILES string of the molecule is COC(=O)CCC(=O)Cc1ccc(C)cc1. The highest BCUT2D eigenvalue weighted by molar-refractivity contribution is 5.84. The van der Waals surface area contributed by atoms with Crippen LogP contribution in [0.2, 0.25) is 0 Å². The number of ether oxygens (including phenoxy) is 1. The van der Waals surface area contributed by atoms with E-state index in [2.05, 4.69) is 4.74 Å². The van der Waals surface area contributed by atoms with Crippen LogP contribution in [0.1, 0.15) is 24.0 Å². The summed E-state index contributed by atoms with van der Waals surface area (Å²) in [5.41, 5.74) is 2.16. The van der Waals surface area contributed by atoms with Gasteiger partial charge in [0.25, 0.3) is 0 Å². The van der Waals surface area contributed by atoms with Crippen molar-refractivity contribution in [2.24, 2.45) is 0 Å². The number of ketones is 1. The molecule has 0 aliphatic heterocycles. The van der Waals surface area contributed by atoms with E-state index in [1.165, 1.54) is 12.7 Å². The van der Waals surface area contributed by atoms with Gasteiger partial charge in [-0.2, -0.15) is 0 Å². The Balaban J connectivity index is 2.40. The molecular formula is C13H16O3. The number of esters is 1. The molecule has 0 saturated carbocycles. The van der Waals surface area contributed by atoms with Crippen molar-refractivity contribution in [3.8, 4) is 0 Å². The first-order valence-electron chi connectivity index (χ1n) is 5.26. The van der Waals surface area contributed by atoms with Crippen LogP contribution in [0.25, 0.3) is 0 Å². The third-order valence-electron chi connectivity index (χ3n) is 2.36. The number of hydrogen-bond acceptors (Lipinski definition) is 3. The van der Waals surface area contributed by atoms with Crippen LogP contribution in [0.5, 0.6) is 0 Å². The number of hydrogen-bond donors (Lipinski definition) is 0. The molecule has 0 N–H and O–H groups in total. The van der Waals surface area contributed by atoms with E-state index in [4.69, 9.17) is 0 Å². The van der Waals surface area contributed by atoms with Crippen molar-refractivity contribution in [1.29, 1.82) is 0 Å². The summed E-state index contributed by atoms with van der Waals surface area (Å²) < 4.78 is 4.48. The number of Topliss-reactive ketones (excluding diaryl/α,β-unsaturated/α-hetero) is 1. The zero-order chi connectivity index (χ0) is 12.0. The first-order valence-corrected chi connectivity index (χ1v) is 5.26. The molecule has 0 aliphatic rings. The van der Waals surface area contributed by atoms with E-state index in [9.17, 15) is 9.59 Å². The molecule has 1 aromatic carbocycles. The van der Waals surface area contributed by atoms with Crippen molar-refractivity contribution in [3.63, 3.8) is 0 Å². The molecule has 0 amide bonds. The van der Waals surface area contributed by atoms with E-state index in [0.29, 0.717) is 6.42 Å². The molecular weight excluding hydrogens is 204 g/mol. The lowest BCUT2D eigenvalue weighted by atomic mass is 10.0. The van der Waals surface area contributed by atoms with Gasteiger partial charge in [-0.25, -0.2) is 0 Å². The minimum Gasteiger partial charge on any atom is -0.469 e. The van der Waals surface area contributed by atoms with Crippen LogP contribution in [0.4, 0.5) is 0 Å². The van der Waals surface area contributed by atoms with Gasteiger partial charge in [-0.05, 0) is 12.5 Å². The molecule has 0 fully saturated rings. The molecule has 0 spiro atoms. The fraction of sp³-hybridized carbons (Fsp3) is 0.385. The lowest BCUT2D eigenvalue weighted by Gasteiger charge is -2.01. The fourth-order valence-electron chi connectivity index (χ4n) is 1.37. The Bertz CT molecular complexity index is 365. The van der Waals surface area contributed by atoms with Gasteiger partial charge in [-0.3, -0.25) is 9.59 Å². The molecule has 0 radical (unpaired) electrons. The molecule has 86 valence electrons. The molecule has 3 heteroatoms. The minimum atomic E-state index is -0.336. The van der Waals surface area contributed by atoms with Crippen molar-refractivity contribution in [3.05, 3.63) is 35.4 Å². The summed E-state index contributed by atoms with van der Waals surface area (Å²) in [6, 6.07) is 7.82. The second kappa shape index (κ2) is 6.05. The Hall–Kier alpha value is -1.64. The summed E-state index contributed by atoms with van der Waals surface area (Å²) >= 11 is 0. The summed E-state index contributed by atoms with van der Waals surface area (Å²) in [6.45, 7) is 2.00. The normalized spacial score (nSPS) is 9.88. The van der Waals surface area contributed by atoms with E-state index in [0.717, 1.165) is 5.56 Å². The fourth-order valence-corrected chi connectivity index (χ4v) is 1.37. The van der Waals surface area contributed by atoms with Gasteiger partial charge >= 0.3 is 5.97 Å². The van der Waals surface area contributed by atoms with Gasteiger partial charge in [0.05, 0.1) is 13.5 Å². The van der Waals surface area contributed by atoms with Gasteiger partial charge in [-0.1, -0.05) is 29.8 Å². The third-order valence-corrected chi connectivity index (χ3v) is 2.36. The van der Waals surface area contributed by atoms with Gasteiger partial charge < -0.3 is 4.74 Å². The summed E-state index contributed by atoms with van der Waals surface area (Å²) in [5.74, 6) is -0.272. The van der Waals surface area contributed by atoms with E-state index in [1.54, 1.807) is 0 Å². The summed E-state index contributed by atoms with van der Waals surface area (Å²) in [6.07, 6.45) is 0.805. The standard InChI is InChI=1S/C13H16O3/c1-10-3-5-11(6-4-10)9-12(14)7-8-13(15)16-2/h3-6H,7-9H2,1-2H3. The Morgan fingerprint density at radius 3 is 2.31 bits per heavy atom. The van der Waals surface area contributed by atoms with Crippen LogP contribution in [0, 0.1) is 6.92 Å². The van der Waals surface area contributed by atoms with Crippen LogP contribution >= 0.6 is 0 Å². The number of methoxy groups -OCH3 is 1. The van der Waals surface area contributed by atoms with Crippen LogP contribution in [0.15, 0.2) is 24.3 Å². The molecule has 0 aliphatic carbocycles. The third kappa shape index (κ3) is 4.26. The quantitative estimate of drug-likeness (QED) is 0.713. The van der Waals surface area contributed by atoms with Crippen LogP contribution < -0.4 is 0 Å². The maximum Gasteiger partial charge on any atom is 0.305 e. The molecule has 0 unspecified atom stereocenters. The Morgan fingerprint density at radius 2 is 1.75 bits per heavy atom. The molecule has 1 rings (SSSR count). The molecule has 0 aromatic heterocycles. The molecule has 0 heterocycles. The van der Waals surface area contributed by atoms with Crippen molar-refractivity contribution < 1.29 is 14.3 Å². The topological polar surface area (TPSA) is 43.4 Å². The largest absolute Gasteiger partial charge is 0.469 e. The Labute approximate surface area is 95.4 Å². The van der Waals surface area contributed by atoms with E-state index in [-0.39, 0.29) is 24.6 Å². The van der Waals surface area contributed by atoms with Gasteiger partial charge in [0.15, 0.2) is 0 Å². The zero-order valence-electron chi connectivity index (χ0n) is 9.66. The highest BCUT2D eigenvalue weighted by atomic mass is 16.5. The van der Waals surface area contributed by atoms with Gasteiger partial charge in [0, 0.05) is 12.8 Å². The molecule has 0 atom stereocenters. The van der Waals surface area contributed by atoms with Crippen LogP contribution in [-0.2, 0) is 20.7 Å². The highest BCUT2D eigenvalue weighted by Crippen LogP contribution is 2.06. The Kier molecular flexibility index (Phi) is 4.70. The highest BCUT2D eigenvalue weighted by Gasteiger charge is 2.07. The van der Waals surface area contributed by atoms with Crippen molar-refractivity contribution in [1.82, 2.24) is 0 Å². The molecule has 0 saturated heterocycles. The predicted molar refractivity (Wildman–Crippen MR) is 61.1 cm³/mol. The monoisotopic (exact) mass is 220 g/mol. The van der Waals surface area contributed by atoms with Crippen molar-refractivity contribution in [2.45, 2.75) is 26.2 Å². The van der Waals surface area contributed by atoms with Crippen LogP contribution in [0.3, 0.4) is 0 Å². The average molecular weight is 220 g/mol. The summed E-state index contributed by atoms with van der Waals surface area (Å²) in [5, 5.41) is 0. The van der Waals surface area contributed by atoms with E-state index >= 15 is 0 Å². The molecule has 16 heavy (non-hydrogen) atoms. The Morgan fingerprint density at radius 1 is 1.12 bits per heavy atom. The first kappa shape index (κ1) is 12.4. The molecule has 3 nitrogen and oxygen atoms in total. The lowest BCUT2D eigenvalue weighted by Crippen LogP contribution is -2.07. The zero-order valence-corrected chi connectivity index (χ0v) is 9.66. The number of carbonyl (C=O) groups excluding carboxylic acids is 2.